The van der Waals surface area contributed by atoms with Crippen LogP contribution in [-0.2, 0) is 73.5 Å². The summed E-state index contributed by atoms with van der Waals surface area (Å²) in [5, 5.41) is 61.6. The Bertz CT molecular complexity index is 2910. The fraction of sp³-hybridized carbons (Fsp3) is 0.614. The van der Waals surface area contributed by atoms with Gasteiger partial charge in [-0.15, -0.1) is 0 Å². The molecule has 2 aromatic rings. The second-order valence-corrected chi connectivity index (χ2v) is 23.7. The molecule has 2 heterocycles. The minimum absolute atomic E-state index is 0.00893. The average Bonchev–Trinajstić information content (AvgIpc) is 1.72. The Kier molecular flexibility index (Phi) is 30.6. The third-order valence-corrected chi connectivity index (χ3v) is 14.9. The van der Waals surface area contributed by atoms with Crippen LogP contribution in [0.25, 0.3) is 10.9 Å². The Balaban J connectivity index is 1.81. The molecule has 32 nitrogen and oxygen atoms in total. The number of para-hydroxylation sites is 1. The number of nitrogens with one attached hydrogen (secondary N) is 10. The van der Waals surface area contributed by atoms with Gasteiger partial charge in [-0.1, -0.05) is 59.7 Å². The number of carboxylic acid groups (broad SMARTS) is 2. The summed E-state index contributed by atoms with van der Waals surface area (Å²) in [6, 6.07) is -9.65. The molecule has 1 aliphatic rings. The van der Waals surface area contributed by atoms with E-state index in [0.717, 1.165) is 17.8 Å². The fourth-order valence-electron chi connectivity index (χ4n) is 9.75. The van der Waals surface area contributed by atoms with Crippen LogP contribution >= 0.6 is 12.6 Å². The number of benzene rings is 1. The predicted octanol–water partition coefficient (Wildman–Crippen LogP) is -4.47. The number of H-pyrrole nitrogens is 1. The molecule has 0 spiro atoms. The summed E-state index contributed by atoms with van der Waals surface area (Å²) in [7, 11) is 0. The molecule has 1 fully saturated rings. The van der Waals surface area contributed by atoms with Gasteiger partial charge in [0.05, 0.1) is 25.2 Å². The van der Waals surface area contributed by atoms with Gasteiger partial charge in [-0.25, -0.2) is 4.79 Å². The van der Waals surface area contributed by atoms with E-state index in [4.69, 9.17) is 17.2 Å². The molecular formula is C57H88N14O18S. The summed E-state index contributed by atoms with van der Waals surface area (Å²) < 4.78 is 0. The first kappa shape index (κ1) is 75.8. The molecule has 1 aromatic carbocycles. The van der Waals surface area contributed by atoms with Crippen molar-refractivity contribution >= 4 is 106 Å². The van der Waals surface area contributed by atoms with Crippen molar-refractivity contribution in [1.29, 1.82) is 0 Å². The van der Waals surface area contributed by atoms with E-state index in [2.05, 4.69) is 65.5 Å². The summed E-state index contributed by atoms with van der Waals surface area (Å²) >= 11 is 4.17. The number of fused-ring (bicyclic) bond motifs is 1. The third kappa shape index (κ3) is 23.8. The van der Waals surface area contributed by atoms with Crippen molar-refractivity contribution in [2.75, 3.05) is 18.9 Å². The zero-order valence-corrected chi connectivity index (χ0v) is 52.3. The van der Waals surface area contributed by atoms with Gasteiger partial charge in [0.25, 0.3) is 0 Å². The Morgan fingerprint density at radius 2 is 1.11 bits per heavy atom. The highest BCUT2D eigenvalue weighted by Crippen LogP contribution is 2.23. The van der Waals surface area contributed by atoms with E-state index in [-0.39, 0.29) is 44.1 Å². The van der Waals surface area contributed by atoms with Crippen LogP contribution in [0.1, 0.15) is 112 Å². The number of carbonyl (C=O) groups excluding carboxylic acids is 12. The molecule has 20 N–H and O–H groups in total. The first-order valence-electron chi connectivity index (χ1n) is 29.4. The average molecular weight is 1290 g/mol. The van der Waals surface area contributed by atoms with Gasteiger partial charge in [0, 0.05) is 42.2 Å². The molecule has 0 unspecified atom stereocenters. The van der Waals surface area contributed by atoms with Crippen LogP contribution in [0.3, 0.4) is 0 Å². The van der Waals surface area contributed by atoms with Gasteiger partial charge in [-0.3, -0.25) is 62.3 Å². The van der Waals surface area contributed by atoms with Crippen molar-refractivity contribution in [3.63, 3.8) is 0 Å². The summed E-state index contributed by atoms with van der Waals surface area (Å²) in [5.74, 6) is -16.4. The molecule has 12 amide bonds. The van der Waals surface area contributed by atoms with Crippen molar-refractivity contribution in [2.24, 2.45) is 35.0 Å². The molecule has 0 aliphatic carbocycles. The number of aliphatic hydroxyl groups is 2. The van der Waals surface area contributed by atoms with E-state index >= 15 is 0 Å². The molecule has 1 aliphatic heterocycles. The molecule has 0 radical (unpaired) electrons. The van der Waals surface area contributed by atoms with Crippen molar-refractivity contribution in [3.05, 3.63) is 36.0 Å². The van der Waals surface area contributed by atoms with E-state index in [1.54, 1.807) is 65.9 Å². The highest BCUT2D eigenvalue weighted by molar-refractivity contribution is 7.80. The lowest BCUT2D eigenvalue weighted by molar-refractivity contribution is -0.144. The predicted molar refractivity (Wildman–Crippen MR) is 325 cm³/mol. The van der Waals surface area contributed by atoms with Crippen LogP contribution in [0.5, 0.6) is 0 Å². The number of aliphatic carboxylic acids is 2. The van der Waals surface area contributed by atoms with Crippen LogP contribution in [-0.4, -0.2) is 205 Å². The highest BCUT2D eigenvalue weighted by Gasteiger charge is 2.42. The van der Waals surface area contributed by atoms with E-state index in [9.17, 15) is 87.5 Å². The zero-order valence-electron chi connectivity index (χ0n) is 51.4. The van der Waals surface area contributed by atoms with Gasteiger partial charge in [-0.05, 0) is 81.3 Å². The first-order chi connectivity index (χ1) is 42.2. The Hall–Kier alpha value is -8.43. The number of hydrogen-bond donors (Lipinski definition) is 18. The molecule has 1 aromatic heterocycles. The quantitative estimate of drug-likeness (QED) is 0.0282. The number of aromatic nitrogens is 1. The summed E-state index contributed by atoms with van der Waals surface area (Å²) in [6.07, 6.45) is -2.76. The molecule has 1 saturated heterocycles. The molecule has 500 valence electrons. The number of thiol groups is 1. The van der Waals surface area contributed by atoms with Gasteiger partial charge >= 0.3 is 11.9 Å². The van der Waals surface area contributed by atoms with Crippen LogP contribution < -0.4 is 65.1 Å². The summed E-state index contributed by atoms with van der Waals surface area (Å²) in [4.78, 5) is 190. The second kappa shape index (κ2) is 36.3. The van der Waals surface area contributed by atoms with Crippen molar-refractivity contribution in [1.82, 2.24) is 57.7 Å². The van der Waals surface area contributed by atoms with Gasteiger partial charge in [0.1, 0.15) is 60.4 Å². The van der Waals surface area contributed by atoms with Gasteiger partial charge in [-0.2, -0.15) is 12.6 Å². The molecule has 0 bridgehead atoms. The number of aromatic amines is 1. The largest absolute Gasteiger partial charge is 0.481 e. The van der Waals surface area contributed by atoms with E-state index < -0.39 is 206 Å². The molecule has 12 atom stereocenters. The van der Waals surface area contributed by atoms with Crippen LogP contribution in [0.15, 0.2) is 30.5 Å². The first-order valence-corrected chi connectivity index (χ1v) is 30.1. The van der Waals surface area contributed by atoms with Crippen LogP contribution in [0, 0.1) is 17.8 Å². The van der Waals surface area contributed by atoms with Crippen molar-refractivity contribution < 1.29 is 87.5 Å². The molecule has 3 rings (SSSR count). The topological polar surface area (TPSA) is 525 Å². The lowest BCUT2D eigenvalue weighted by Gasteiger charge is -2.32. The fourth-order valence-corrected chi connectivity index (χ4v) is 10.0. The SMILES string of the molecule is CC(C)C[C@H](NC(=O)[C@H](CCC(=O)O)NC(=O)[C@H](CS)NC(=O)[C@@H](NC(=O)[C@H](CCC(N)=O)NC(=O)[C@H](CC(N)=O)NC(=O)[C@@H](N)Cc1c[nH]c2ccccc12)[C@@H](C)O)C(=O)N[C@@H](CC(C)C)C(=O)N1CCC[C@H]1C(=O)N[C@H](C(=O)N[C@@H](CO)C(=O)O)C(C)C. The minimum atomic E-state index is -1.94. The number of rotatable bonds is 38. The monoisotopic (exact) mass is 1290 g/mol. The summed E-state index contributed by atoms with van der Waals surface area (Å²) in [5.41, 5.74) is 18.4. The Labute approximate surface area is 525 Å². The van der Waals surface area contributed by atoms with Gasteiger partial charge in [0.2, 0.25) is 70.9 Å². The lowest BCUT2D eigenvalue weighted by Crippen LogP contribution is -2.62. The molecular weight excluding hydrogens is 1200 g/mol. The lowest BCUT2D eigenvalue weighted by atomic mass is 9.99. The highest BCUT2D eigenvalue weighted by atomic mass is 32.1. The third-order valence-electron chi connectivity index (χ3n) is 14.5. The minimum Gasteiger partial charge on any atom is -0.481 e. The number of amides is 12. The standard InChI is InChI=1S/C57H88N14O18S/c1-26(2)19-36(50(81)66-38(20-27(3)4)56(87)71-18-10-13-41(71)53(84)69-45(28(5)6)54(85)67-39(24-72)57(88)89)65-48(79)35(15-17-44(76)77)63-52(83)40(25-90)68-55(86)46(29(7)73)70-49(80)34(14-16-42(59)74)62-51(82)37(22-43(60)75)64-47(78)32(58)21-30-23-61-33-12-9-8-11-31(30)33/h8-9,11-12,23,26-29,32,34-41,45-46,61,72-73,90H,10,13-22,24-25,58H2,1-7H3,(H2,59,74)(H2,60,75)(H,62,82)(H,63,83)(H,64,78)(H,65,79)(H,66,81)(H,67,85)(H,68,86)(H,69,84)(H,70,80)(H,76,77)(H,88,89)/t29-,32+,34+,35+,36+,37+,38+,39+,40+,41+,45+,46+/m1/s1. The maximum atomic E-state index is 14.4. The van der Waals surface area contributed by atoms with Crippen molar-refractivity contribution in [2.45, 2.75) is 185 Å². The zero-order chi connectivity index (χ0) is 67.9. The van der Waals surface area contributed by atoms with Gasteiger partial charge < -0.3 is 95.4 Å². The Morgan fingerprint density at radius 3 is 1.66 bits per heavy atom. The second-order valence-electron chi connectivity index (χ2n) is 23.3. The van der Waals surface area contributed by atoms with Crippen molar-refractivity contribution in [3.8, 4) is 0 Å². The summed E-state index contributed by atoms with van der Waals surface area (Å²) in [6.45, 7) is 10.4. The number of nitrogens with zero attached hydrogens (tertiary/aromatic N) is 1. The normalized spacial score (nSPS) is 16.7. The number of hydrogen-bond acceptors (Lipinski definition) is 18. The Morgan fingerprint density at radius 1 is 0.611 bits per heavy atom. The number of carboxylic acids is 2. The maximum Gasteiger partial charge on any atom is 0.328 e. The molecule has 0 saturated carbocycles. The van der Waals surface area contributed by atoms with Crippen LogP contribution in [0.2, 0.25) is 0 Å². The van der Waals surface area contributed by atoms with E-state index in [1.807, 2.05) is 6.07 Å². The number of aliphatic hydroxyl groups excluding tert-OH is 2. The smallest absolute Gasteiger partial charge is 0.328 e. The number of nitrogens with two attached hydrogens (primary N) is 3. The van der Waals surface area contributed by atoms with Crippen LogP contribution in [0.4, 0.5) is 0 Å². The molecule has 90 heavy (non-hydrogen) atoms. The maximum absolute atomic E-state index is 14.4. The molecule has 33 heteroatoms. The van der Waals surface area contributed by atoms with E-state index in [1.165, 1.54) is 4.90 Å². The number of carbonyl (C=O) groups is 14. The van der Waals surface area contributed by atoms with Gasteiger partial charge in [0.15, 0.2) is 0 Å². The number of primary amides is 2. The number of likely N-dealkylation sites (tertiary alicyclic amines) is 1. The van der Waals surface area contributed by atoms with E-state index in [0.29, 0.717) is 12.0 Å².